The van der Waals surface area contributed by atoms with Gasteiger partial charge in [0.1, 0.15) is 0 Å². The highest BCUT2D eigenvalue weighted by Gasteiger charge is 2.38. The van der Waals surface area contributed by atoms with Crippen LogP contribution in [0.3, 0.4) is 0 Å². The lowest BCUT2D eigenvalue weighted by atomic mass is 10.3. The van der Waals surface area contributed by atoms with Crippen molar-refractivity contribution in [1.29, 1.82) is 0 Å². The van der Waals surface area contributed by atoms with E-state index in [4.69, 9.17) is 5.11 Å². The molecule has 1 heterocycles. The minimum Gasteiger partial charge on any atom is -0.382 e. The summed E-state index contributed by atoms with van der Waals surface area (Å²) in [6.07, 6.45) is -7.30. The molecule has 0 aromatic carbocycles. The first kappa shape index (κ1) is 14.9. The van der Waals surface area contributed by atoms with Crippen LogP contribution in [-0.4, -0.2) is 29.8 Å². The fourth-order valence-electron chi connectivity index (χ4n) is 0.895. The summed E-state index contributed by atoms with van der Waals surface area (Å²) in [5, 5.41) is 10.7. The average Bonchev–Trinajstić information content (AvgIpc) is 2.52. The van der Waals surface area contributed by atoms with Gasteiger partial charge in [0.2, 0.25) is 0 Å². The molecule has 2 N–H and O–H groups in total. The molecule has 9 heteroatoms. The minimum atomic E-state index is -4.74. The Hall–Kier alpha value is -0.120. The summed E-state index contributed by atoms with van der Waals surface area (Å²) < 4.78 is 37.1. The van der Waals surface area contributed by atoms with Crippen LogP contribution in [-0.2, 0) is 0 Å². The van der Waals surface area contributed by atoms with Crippen LogP contribution >= 0.6 is 43.2 Å². The molecule has 17 heavy (non-hydrogen) atoms. The van der Waals surface area contributed by atoms with Crippen LogP contribution in [0, 0.1) is 0 Å². The number of alkyl halides is 3. The Morgan fingerprint density at radius 3 is 2.53 bits per heavy atom. The van der Waals surface area contributed by atoms with Gasteiger partial charge in [-0.15, -0.1) is 11.3 Å². The zero-order valence-corrected chi connectivity index (χ0v) is 12.0. The maximum atomic E-state index is 12.0. The fourth-order valence-corrected chi connectivity index (χ4v) is 3.69. The van der Waals surface area contributed by atoms with E-state index in [0.29, 0.717) is 7.57 Å². The maximum Gasteiger partial charge on any atom is 0.416 e. The molecule has 1 unspecified atom stereocenters. The number of hydrogen-bond acceptors (Lipinski definition) is 3. The molecule has 0 bridgehead atoms. The average molecular weight is 397 g/mol. The van der Waals surface area contributed by atoms with Crippen LogP contribution in [0.25, 0.3) is 0 Å². The van der Waals surface area contributed by atoms with Crippen LogP contribution in [0.15, 0.2) is 13.6 Å². The van der Waals surface area contributed by atoms with Gasteiger partial charge in [0.15, 0.2) is 6.10 Å². The molecule has 96 valence electrons. The van der Waals surface area contributed by atoms with Gasteiger partial charge < -0.3 is 10.4 Å². The highest BCUT2D eigenvalue weighted by molar-refractivity contribution is 9.12. The van der Waals surface area contributed by atoms with E-state index >= 15 is 0 Å². The van der Waals surface area contributed by atoms with Crippen molar-refractivity contribution in [2.24, 2.45) is 0 Å². The summed E-state index contributed by atoms with van der Waals surface area (Å²) in [7, 11) is 0. The number of thiophene rings is 1. The summed E-state index contributed by atoms with van der Waals surface area (Å²) in [5.41, 5.74) is 0.219. The van der Waals surface area contributed by atoms with Gasteiger partial charge in [0.05, 0.1) is 19.7 Å². The molecular weight excluding hydrogens is 391 g/mol. The molecule has 1 amide bonds. The van der Waals surface area contributed by atoms with Gasteiger partial charge in [-0.2, -0.15) is 13.2 Å². The molecule has 0 aliphatic carbocycles. The SMILES string of the molecule is O=C(NCC(O)C(F)(F)F)c1cc(Br)sc1Br. The van der Waals surface area contributed by atoms with Crippen molar-refractivity contribution >= 4 is 49.1 Å². The van der Waals surface area contributed by atoms with Crippen molar-refractivity contribution in [3.63, 3.8) is 0 Å². The Morgan fingerprint density at radius 1 is 1.53 bits per heavy atom. The number of carbonyl (C=O) groups excluding carboxylic acids is 1. The molecule has 0 saturated carbocycles. The summed E-state index contributed by atoms with van der Waals surface area (Å²) in [4.78, 5) is 11.5. The number of nitrogens with one attached hydrogen (secondary N) is 1. The van der Waals surface area contributed by atoms with E-state index in [1.165, 1.54) is 17.4 Å². The summed E-state index contributed by atoms with van der Waals surface area (Å²) in [6, 6.07) is 1.48. The van der Waals surface area contributed by atoms with E-state index < -0.39 is 24.7 Å². The predicted molar refractivity (Wildman–Crippen MR) is 64.1 cm³/mol. The Bertz CT molecular complexity index is 421. The van der Waals surface area contributed by atoms with Crippen molar-refractivity contribution in [1.82, 2.24) is 5.32 Å². The quantitative estimate of drug-likeness (QED) is 0.825. The van der Waals surface area contributed by atoms with Crippen LogP contribution in [0.4, 0.5) is 13.2 Å². The molecule has 1 rings (SSSR count). The second-order valence-electron chi connectivity index (χ2n) is 3.01. The fraction of sp³-hybridized carbons (Fsp3) is 0.375. The first-order valence-corrected chi connectivity index (χ1v) is 6.60. The summed E-state index contributed by atoms with van der Waals surface area (Å²) in [6.45, 7) is -0.873. The van der Waals surface area contributed by atoms with Crippen LogP contribution in [0.1, 0.15) is 10.4 Å². The zero-order valence-electron chi connectivity index (χ0n) is 8.02. The smallest absolute Gasteiger partial charge is 0.382 e. The lowest BCUT2D eigenvalue weighted by Gasteiger charge is -2.14. The number of carbonyl (C=O) groups is 1. The lowest BCUT2D eigenvalue weighted by Crippen LogP contribution is -2.40. The maximum absolute atomic E-state index is 12.0. The third-order valence-corrected chi connectivity index (χ3v) is 4.07. The van der Waals surface area contributed by atoms with Gasteiger partial charge in [-0.3, -0.25) is 4.79 Å². The largest absolute Gasteiger partial charge is 0.416 e. The molecule has 0 aliphatic rings. The van der Waals surface area contributed by atoms with Crippen molar-refractivity contribution in [2.75, 3.05) is 6.54 Å². The molecule has 0 aliphatic heterocycles. The topological polar surface area (TPSA) is 49.3 Å². The summed E-state index contributed by atoms with van der Waals surface area (Å²) >= 11 is 7.47. The van der Waals surface area contributed by atoms with E-state index in [2.05, 4.69) is 31.9 Å². The van der Waals surface area contributed by atoms with E-state index in [9.17, 15) is 18.0 Å². The molecule has 0 radical (unpaired) electrons. The number of halogens is 5. The standard InChI is InChI=1S/C8H6Br2F3NO2S/c9-5-1-3(6(10)17-5)7(16)14-2-4(15)8(11,12)13/h1,4,15H,2H2,(H,14,16). The number of amides is 1. The van der Waals surface area contributed by atoms with Crippen LogP contribution in [0.2, 0.25) is 0 Å². The number of aliphatic hydroxyl groups excluding tert-OH is 1. The van der Waals surface area contributed by atoms with E-state index in [-0.39, 0.29) is 5.56 Å². The van der Waals surface area contributed by atoms with Gasteiger partial charge in [-0.05, 0) is 37.9 Å². The van der Waals surface area contributed by atoms with Gasteiger partial charge in [-0.25, -0.2) is 0 Å². The highest BCUT2D eigenvalue weighted by Crippen LogP contribution is 2.31. The Morgan fingerprint density at radius 2 is 2.12 bits per heavy atom. The van der Waals surface area contributed by atoms with Crippen molar-refractivity contribution in [2.45, 2.75) is 12.3 Å². The molecule has 1 aromatic rings. The van der Waals surface area contributed by atoms with Gasteiger partial charge >= 0.3 is 6.18 Å². The second-order valence-corrected chi connectivity index (χ2v) is 6.75. The lowest BCUT2D eigenvalue weighted by molar-refractivity contribution is -0.201. The Labute approximate surface area is 115 Å². The number of hydrogen-bond donors (Lipinski definition) is 2. The molecule has 1 atom stereocenters. The monoisotopic (exact) mass is 395 g/mol. The van der Waals surface area contributed by atoms with Crippen molar-refractivity contribution < 1.29 is 23.1 Å². The van der Waals surface area contributed by atoms with Gasteiger partial charge in [-0.1, -0.05) is 0 Å². The van der Waals surface area contributed by atoms with Crippen LogP contribution < -0.4 is 5.32 Å². The molecule has 3 nitrogen and oxygen atoms in total. The highest BCUT2D eigenvalue weighted by atomic mass is 79.9. The summed E-state index contributed by atoms with van der Waals surface area (Å²) in [5.74, 6) is -0.679. The molecule has 0 fully saturated rings. The molecule has 0 spiro atoms. The minimum absolute atomic E-state index is 0.219. The first-order chi connectivity index (χ1) is 7.71. The third kappa shape index (κ3) is 4.23. The van der Waals surface area contributed by atoms with Crippen molar-refractivity contribution in [3.8, 4) is 0 Å². The number of rotatable bonds is 3. The Balaban J connectivity index is 2.60. The van der Waals surface area contributed by atoms with Crippen LogP contribution in [0.5, 0.6) is 0 Å². The zero-order chi connectivity index (χ0) is 13.2. The first-order valence-electron chi connectivity index (χ1n) is 4.19. The van der Waals surface area contributed by atoms with Gasteiger partial charge in [0, 0.05) is 0 Å². The Kier molecular flexibility index (Phi) is 4.99. The molecule has 0 saturated heterocycles. The van der Waals surface area contributed by atoms with Crippen molar-refractivity contribution in [3.05, 3.63) is 19.2 Å². The molecular formula is C8H6Br2F3NO2S. The van der Waals surface area contributed by atoms with E-state index in [1.807, 2.05) is 5.32 Å². The normalized spacial score (nSPS) is 13.5. The predicted octanol–water partition coefficient (Wildman–Crippen LogP) is 2.93. The van der Waals surface area contributed by atoms with Gasteiger partial charge in [0.25, 0.3) is 5.91 Å². The van der Waals surface area contributed by atoms with E-state index in [0.717, 1.165) is 0 Å². The number of aliphatic hydroxyl groups is 1. The van der Waals surface area contributed by atoms with E-state index in [1.54, 1.807) is 0 Å². The third-order valence-electron chi connectivity index (χ3n) is 1.74. The molecule has 1 aromatic heterocycles. The second kappa shape index (κ2) is 5.68.